The number of nitrogens with zero attached hydrogens (tertiary/aromatic N) is 2. The van der Waals surface area contributed by atoms with Crippen molar-refractivity contribution >= 4 is 23.1 Å². The number of hydrogen-bond donors (Lipinski definition) is 0. The van der Waals surface area contributed by atoms with E-state index in [0.29, 0.717) is 12.0 Å². The zero-order valence-corrected chi connectivity index (χ0v) is 12.7. The second-order valence-electron chi connectivity index (χ2n) is 5.52. The van der Waals surface area contributed by atoms with Crippen LogP contribution in [0, 0.1) is 5.82 Å². The maximum absolute atomic E-state index is 14.3. The van der Waals surface area contributed by atoms with E-state index >= 15 is 0 Å². The lowest BCUT2D eigenvalue weighted by molar-refractivity contribution is -0.500. The molecule has 5 heteroatoms. The molecule has 1 aliphatic heterocycles. The Bertz CT molecular complexity index is 726. The Hall–Kier alpha value is -2.17. The number of esters is 1. The molecule has 3 rings (SSSR count). The second-order valence-corrected chi connectivity index (χ2v) is 5.52. The summed E-state index contributed by atoms with van der Waals surface area (Å²) in [7, 11) is 0. The Labute approximate surface area is 128 Å². The zero-order chi connectivity index (χ0) is 15.5. The molecule has 1 aromatic heterocycles. The van der Waals surface area contributed by atoms with E-state index in [1.54, 1.807) is 17.6 Å². The van der Waals surface area contributed by atoms with E-state index in [9.17, 15) is 9.18 Å². The summed E-state index contributed by atoms with van der Waals surface area (Å²) in [6, 6.07) is 4.95. The van der Waals surface area contributed by atoms with Gasteiger partial charge in [0.2, 0.25) is 0 Å². The van der Waals surface area contributed by atoms with Gasteiger partial charge in [-0.15, -0.1) is 0 Å². The van der Waals surface area contributed by atoms with Crippen LogP contribution in [0.15, 0.2) is 24.4 Å². The van der Waals surface area contributed by atoms with E-state index < -0.39 is 0 Å². The van der Waals surface area contributed by atoms with Gasteiger partial charge in [-0.3, -0.25) is 4.79 Å². The Morgan fingerprint density at radius 3 is 2.91 bits per heavy atom. The molecule has 116 valence electrons. The molecular weight excluding hydrogens is 283 g/mol. The molecule has 0 bridgehead atoms. The van der Waals surface area contributed by atoms with Gasteiger partial charge in [0.15, 0.2) is 6.21 Å². The normalized spacial score (nSPS) is 14.5. The summed E-state index contributed by atoms with van der Waals surface area (Å²) < 4.78 is 23.2. The number of ether oxygens (including phenoxy) is 1. The van der Waals surface area contributed by atoms with Gasteiger partial charge in [-0.25, -0.2) is 8.97 Å². The number of fused-ring (bicyclic) bond motifs is 1. The van der Waals surface area contributed by atoms with Crippen molar-refractivity contribution in [3.8, 4) is 0 Å². The summed E-state index contributed by atoms with van der Waals surface area (Å²) in [5.41, 5.74) is 1.54. The fraction of sp³-hybridized carbons (Fsp3) is 0.412. The Morgan fingerprint density at radius 1 is 1.41 bits per heavy atom. The highest BCUT2D eigenvalue weighted by molar-refractivity contribution is 5.98. The molecule has 1 saturated heterocycles. The van der Waals surface area contributed by atoms with Crippen molar-refractivity contribution in [3.63, 3.8) is 0 Å². The molecule has 0 radical (unpaired) electrons. The minimum Gasteiger partial charge on any atom is -0.465 e. The molecule has 1 aliphatic rings. The third-order valence-corrected chi connectivity index (χ3v) is 3.95. The molecule has 1 aromatic carbocycles. The van der Waals surface area contributed by atoms with E-state index in [4.69, 9.17) is 4.74 Å². The smallest absolute Gasteiger partial charge is 0.325 e. The van der Waals surface area contributed by atoms with Gasteiger partial charge in [-0.2, -0.15) is 0 Å². The lowest BCUT2D eigenvalue weighted by atomic mass is 10.2. The van der Waals surface area contributed by atoms with E-state index in [2.05, 4.69) is 4.58 Å². The first-order valence-corrected chi connectivity index (χ1v) is 7.71. The molecule has 2 aromatic rings. The lowest BCUT2D eigenvalue weighted by Crippen LogP contribution is -2.12. The molecule has 4 nitrogen and oxygen atoms in total. The quantitative estimate of drug-likeness (QED) is 0.642. The van der Waals surface area contributed by atoms with Crippen LogP contribution in [0.25, 0.3) is 10.9 Å². The maximum Gasteiger partial charge on any atom is 0.325 e. The highest BCUT2D eigenvalue weighted by Gasteiger charge is 2.18. The fourth-order valence-electron chi connectivity index (χ4n) is 2.98. The first kappa shape index (κ1) is 14.8. The summed E-state index contributed by atoms with van der Waals surface area (Å²) in [6.07, 6.45) is 6.17. The van der Waals surface area contributed by atoms with Gasteiger partial charge < -0.3 is 9.30 Å². The van der Waals surface area contributed by atoms with Crippen molar-refractivity contribution in [2.45, 2.75) is 26.3 Å². The fourth-order valence-corrected chi connectivity index (χ4v) is 2.98. The molecule has 0 N–H and O–H groups in total. The number of hydrogen-bond acceptors (Lipinski definition) is 2. The Morgan fingerprint density at radius 2 is 2.18 bits per heavy atom. The Balaban J connectivity index is 2.04. The van der Waals surface area contributed by atoms with Crippen LogP contribution in [0.1, 0.15) is 25.3 Å². The molecule has 0 amide bonds. The maximum atomic E-state index is 14.3. The number of benzene rings is 1. The lowest BCUT2D eigenvalue weighted by Gasteiger charge is -2.04. The van der Waals surface area contributed by atoms with Gasteiger partial charge in [0.05, 0.1) is 17.7 Å². The number of halogens is 1. The topological polar surface area (TPSA) is 34.2 Å². The summed E-state index contributed by atoms with van der Waals surface area (Å²) in [6.45, 7) is 4.22. The van der Waals surface area contributed by atoms with Crippen molar-refractivity contribution in [1.29, 1.82) is 0 Å². The summed E-state index contributed by atoms with van der Waals surface area (Å²) in [4.78, 5) is 11.7. The first-order chi connectivity index (χ1) is 10.7. The van der Waals surface area contributed by atoms with Crippen molar-refractivity contribution in [2.24, 2.45) is 0 Å². The monoisotopic (exact) mass is 303 g/mol. The molecule has 0 atom stereocenters. The predicted molar refractivity (Wildman–Crippen MR) is 82.9 cm³/mol. The van der Waals surface area contributed by atoms with E-state index in [1.165, 1.54) is 18.9 Å². The van der Waals surface area contributed by atoms with Crippen LogP contribution in [0.5, 0.6) is 0 Å². The van der Waals surface area contributed by atoms with E-state index in [0.717, 1.165) is 24.2 Å². The molecular formula is C17H20FN2O2+. The van der Waals surface area contributed by atoms with Crippen LogP contribution in [-0.2, 0) is 16.1 Å². The number of aromatic nitrogens is 1. The van der Waals surface area contributed by atoms with E-state index in [1.807, 2.05) is 18.5 Å². The largest absolute Gasteiger partial charge is 0.465 e. The molecule has 1 fully saturated rings. The molecule has 2 heterocycles. The molecule has 0 saturated carbocycles. The predicted octanol–water partition coefficient (Wildman–Crippen LogP) is 2.57. The summed E-state index contributed by atoms with van der Waals surface area (Å²) >= 11 is 0. The van der Waals surface area contributed by atoms with Crippen molar-refractivity contribution < 1.29 is 18.5 Å². The third kappa shape index (κ3) is 2.89. The second kappa shape index (κ2) is 6.30. The minimum atomic E-state index is -0.309. The molecule has 0 aliphatic carbocycles. The van der Waals surface area contributed by atoms with Gasteiger partial charge in [-0.05, 0) is 19.1 Å². The first-order valence-electron chi connectivity index (χ1n) is 7.71. The van der Waals surface area contributed by atoms with Crippen LogP contribution in [-0.4, -0.2) is 41.0 Å². The van der Waals surface area contributed by atoms with Gasteiger partial charge >= 0.3 is 5.97 Å². The van der Waals surface area contributed by atoms with Gasteiger partial charge in [0.1, 0.15) is 25.5 Å². The molecule has 22 heavy (non-hydrogen) atoms. The molecule has 0 unspecified atom stereocenters. The van der Waals surface area contributed by atoms with Crippen molar-refractivity contribution in [1.82, 2.24) is 4.57 Å². The number of carbonyl (C=O) groups is 1. The number of rotatable bonds is 4. The van der Waals surface area contributed by atoms with Crippen molar-refractivity contribution in [3.05, 3.63) is 35.8 Å². The van der Waals surface area contributed by atoms with Gasteiger partial charge in [0, 0.05) is 24.4 Å². The standard InChI is InChI=1S/C17H20FN2O2/c1-2-22-16(21)12-20-11-13(10-19-8-3-4-9-19)17-14(18)6-5-7-15(17)20/h5-7,10-11H,2-4,8-9,12H2,1H3/q+1. The highest BCUT2D eigenvalue weighted by Crippen LogP contribution is 2.23. The van der Waals surface area contributed by atoms with Crippen LogP contribution in [0.2, 0.25) is 0 Å². The average molecular weight is 303 g/mol. The molecule has 0 spiro atoms. The minimum absolute atomic E-state index is 0.0988. The zero-order valence-electron chi connectivity index (χ0n) is 12.7. The van der Waals surface area contributed by atoms with Crippen molar-refractivity contribution in [2.75, 3.05) is 19.7 Å². The summed E-state index contributed by atoms with van der Waals surface area (Å²) in [5, 5.41) is 0.568. The Kier molecular flexibility index (Phi) is 4.22. The van der Waals surface area contributed by atoms with Crippen LogP contribution in [0.3, 0.4) is 0 Å². The van der Waals surface area contributed by atoms with Crippen LogP contribution >= 0.6 is 0 Å². The summed E-state index contributed by atoms with van der Waals surface area (Å²) in [5.74, 6) is -0.568. The van der Waals surface area contributed by atoms with E-state index in [-0.39, 0.29) is 18.3 Å². The van der Waals surface area contributed by atoms with Crippen LogP contribution < -0.4 is 0 Å². The number of carbonyl (C=O) groups excluding carboxylic acids is 1. The third-order valence-electron chi connectivity index (χ3n) is 3.95. The highest BCUT2D eigenvalue weighted by atomic mass is 19.1. The average Bonchev–Trinajstić information content (AvgIpc) is 3.09. The van der Waals surface area contributed by atoms with Crippen LogP contribution in [0.4, 0.5) is 4.39 Å². The van der Waals surface area contributed by atoms with Gasteiger partial charge in [0.25, 0.3) is 0 Å². The van der Waals surface area contributed by atoms with Gasteiger partial charge in [-0.1, -0.05) is 6.07 Å². The SMILES string of the molecule is CCOC(=O)Cn1cc(C=[N+]2CCCC2)c2c(F)cccc21.